The van der Waals surface area contributed by atoms with E-state index >= 15 is 4.39 Å². The van der Waals surface area contributed by atoms with Crippen LogP contribution in [0.15, 0.2) is 42.5 Å². The Labute approximate surface area is 245 Å². The molecule has 0 spiro atoms. The highest BCUT2D eigenvalue weighted by Crippen LogP contribution is 2.45. The van der Waals surface area contributed by atoms with E-state index in [9.17, 15) is 13.2 Å². The smallest absolute Gasteiger partial charge is 0.306 e. The van der Waals surface area contributed by atoms with E-state index in [2.05, 4.69) is 0 Å². The maximum atomic E-state index is 15.3. The van der Waals surface area contributed by atoms with Gasteiger partial charge in [0.25, 0.3) is 0 Å². The third-order valence-corrected chi connectivity index (χ3v) is 9.66. The molecule has 222 valence electrons. The number of benzene rings is 3. The molecule has 8 nitrogen and oxygen atoms in total. The molecule has 0 aromatic heterocycles. The van der Waals surface area contributed by atoms with Gasteiger partial charge in [-0.2, -0.15) is 4.31 Å². The second-order valence-electron chi connectivity index (χ2n) is 11.4. The number of carbonyl (C=O) groups excluding carboxylic acids is 1. The van der Waals surface area contributed by atoms with Gasteiger partial charge in [0.05, 0.1) is 39.5 Å². The molecule has 2 unspecified atom stereocenters. The zero-order chi connectivity index (χ0) is 29.8. The monoisotopic (exact) mass is 595 g/mol. The molecule has 10 heteroatoms. The maximum absolute atomic E-state index is 15.3. The molecule has 0 radical (unpaired) electrons. The number of halogens is 1. The molecule has 1 saturated heterocycles. The first kappa shape index (κ1) is 28.5. The molecule has 2 heterocycles. The van der Waals surface area contributed by atoms with Crippen molar-refractivity contribution in [2.75, 3.05) is 33.1 Å². The van der Waals surface area contributed by atoms with Gasteiger partial charge in [0.1, 0.15) is 35.3 Å². The van der Waals surface area contributed by atoms with Crippen molar-refractivity contribution in [2.24, 2.45) is 0 Å². The normalized spacial score (nSPS) is 19.9. The summed E-state index contributed by atoms with van der Waals surface area (Å²) >= 11 is 0. The molecule has 6 rings (SSSR count). The van der Waals surface area contributed by atoms with E-state index in [4.69, 9.17) is 18.9 Å². The molecular formula is C32H34FNO7S. The van der Waals surface area contributed by atoms with E-state index in [1.54, 1.807) is 0 Å². The second kappa shape index (κ2) is 10.9. The lowest BCUT2D eigenvalue weighted by Crippen LogP contribution is -2.55. The number of sulfonamides is 1. The molecule has 2 aliphatic heterocycles. The van der Waals surface area contributed by atoms with Crippen molar-refractivity contribution in [3.8, 4) is 28.4 Å². The summed E-state index contributed by atoms with van der Waals surface area (Å²) in [5.74, 6) is 1.33. The second-order valence-corrected chi connectivity index (χ2v) is 13.4. The molecule has 1 aliphatic carbocycles. The van der Waals surface area contributed by atoms with Crippen LogP contribution in [-0.2, 0) is 26.0 Å². The van der Waals surface area contributed by atoms with Crippen molar-refractivity contribution in [3.63, 3.8) is 0 Å². The molecule has 0 amide bonds. The lowest BCUT2D eigenvalue weighted by atomic mass is 9.90. The predicted octanol–water partition coefficient (Wildman–Crippen LogP) is 5.24. The molecule has 0 bridgehead atoms. The summed E-state index contributed by atoms with van der Waals surface area (Å²) in [7, 11) is -1.83. The number of rotatable bonds is 8. The van der Waals surface area contributed by atoms with Crippen molar-refractivity contribution < 1.29 is 36.6 Å². The van der Waals surface area contributed by atoms with Gasteiger partial charge in [0.15, 0.2) is 0 Å². The quantitative estimate of drug-likeness (QED) is 0.329. The molecule has 3 aromatic carbocycles. The van der Waals surface area contributed by atoms with Gasteiger partial charge in [-0.15, -0.1) is 0 Å². The molecule has 2 atom stereocenters. The Morgan fingerprint density at radius 1 is 1.05 bits per heavy atom. The number of esters is 1. The number of carbonyl (C=O) groups is 1. The van der Waals surface area contributed by atoms with Gasteiger partial charge in [-0.05, 0) is 78.8 Å². The minimum atomic E-state index is -3.20. The first-order valence-electron chi connectivity index (χ1n) is 14.1. The number of aryl methyl sites for hydroxylation is 2. The van der Waals surface area contributed by atoms with Gasteiger partial charge >= 0.3 is 5.97 Å². The zero-order valence-corrected chi connectivity index (χ0v) is 24.9. The highest BCUT2D eigenvalue weighted by Gasteiger charge is 2.35. The Kier molecular flexibility index (Phi) is 7.39. The van der Waals surface area contributed by atoms with Gasteiger partial charge < -0.3 is 18.9 Å². The van der Waals surface area contributed by atoms with E-state index in [0.717, 1.165) is 33.4 Å². The molecule has 42 heavy (non-hydrogen) atoms. The minimum absolute atomic E-state index is 0.0622. The van der Waals surface area contributed by atoms with Crippen LogP contribution in [0.3, 0.4) is 0 Å². The third-order valence-electron chi connectivity index (χ3n) is 8.43. The van der Waals surface area contributed by atoms with E-state index < -0.39 is 16.1 Å². The maximum Gasteiger partial charge on any atom is 0.306 e. The largest absolute Gasteiger partial charge is 0.492 e. The van der Waals surface area contributed by atoms with Gasteiger partial charge in [0.2, 0.25) is 10.0 Å². The van der Waals surface area contributed by atoms with Crippen LogP contribution in [0, 0.1) is 19.7 Å². The standard InChI is InChI=1S/C32H34FNO7S/c1-18-11-22(40-23-15-34(16-23)42(4,36)37)12-19(2)31(18)25-7-9-27(33)32-26(25)8-10-28(32)41-21-5-6-24-20(13-30(35)38-3)17-39-29(24)14-21/h5-7,9,11-12,14,20,23,28H,8,10,13,15-17H2,1-4H3. The summed E-state index contributed by atoms with van der Waals surface area (Å²) in [6.45, 7) is 5.11. The number of ether oxygens (including phenoxy) is 4. The third kappa shape index (κ3) is 5.33. The summed E-state index contributed by atoms with van der Waals surface area (Å²) in [6, 6.07) is 12.8. The van der Waals surface area contributed by atoms with Crippen LogP contribution < -0.4 is 14.2 Å². The molecule has 1 fully saturated rings. The fraction of sp³-hybridized carbons (Fsp3) is 0.406. The van der Waals surface area contributed by atoms with E-state index in [0.29, 0.717) is 55.4 Å². The topological polar surface area (TPSA) is 91.4 Å². The zero-order valence-electron chi connectivity index (χ0n) is 24.1. The minimum Gasteiger partial charge on any atom is -0.492 e. The number of methoxy groups -OCH3 is 1. The van der Waals surface area contributed by atoms with Crippen molar-refractivity contribution in [1.82, 2.24) is 4.31 Å². The summed E-state index contributed by atoms with van der Waals surface area (Å²) in [5, 5.41) is 0. The van der Waals surface area contributed by atoms with Crippen molar-refractivity contribution in [3.05, 3.63) is 76.1 Å². The number of fused-ring (bicyclic) bond motifs is 2. The fourth-order valence-corrected chi connectivity index (χ4v) is 7.20. The summed E-state index contributed by atoms with van der Waals surface area (Å²) in [5.41, 5.74) is 6.48. The summed E-state index contributed by atoms with van der Waals surface area (Å²) < 4.78 is 63.1. The average Bonchev–Trinajstić information content (AvgIpc) is 3.50. The lowest BCUT2D eigenvalue weighted by molar-refractivity contribution is -0.141. The molecule has 3 aliphatic rings. The van der Waals surface area contributed by atoms with E-state index in [-0.39, 0.29) is 30.2 Å². The Hall–Kier alpha value is -3.63. The lowest BCUT2D eigenvalue weighted by Gasteiger charge is -2.37. The first-order chi connectivity index (χ1) is 20.0. The van der Waals surface area contributed by atoms with Crippen LogP contribution >= 0.6 is 0 Å². The van der Waals surface area contributed by atoms with Crippen molar-refractivity contribution in [1.29, 1.82) is 0 Å². The van der Waals surface area contributed by atoms with Crippen LogP contribution in [0.2, 0.25) is 0 Å². The SMILES string of the molecule is COC(=O)CC1COc2cc(OC3CCc4c(-c5c(C)cc(OC6CN(S(C)(=O)=O)C6)cc5C)ccc(F)c43)ccc21. The Morgan fingerprint density at radius 3 is 2.48 bits per heavy atom. The average molecular weight is 596 g/mol. The van der Waals surface area contributed by atoms with Crippen molar-refractivity contribution >= 4 is 16.0 Å². The first-order valence-corrected chi connectivity index (χ1v) is 15.9. The Bertz CT molecular complexity index is 1640. The van der Waals surface area contributed by atoms with Crippen molar-refractivity contribution in [2.45, 2.75) is 51.2 Å². The van der Waals surface area contributed by atoms with Crippen LogP contribution in [-0.4, -0.2) is 57.9 Å². The Balaban J connectivity index is 1.21. The van der Waals surface area contributed by atoms with Crippen LogP contribution in [0.25, 0.3) is 11.1 Å². The highest BCUT2D eigenvalue weighted by atomic mass is 32.2. The number of nitrogens with zero attached hydrogens (tertiary/aromatic N) is 1. The van der Waals surface area contributed by atoms with Crippen LogP contribution in [0.4, 0.5) is 4.39 Å². The molecule has 0 saturated carbocycles. The predicted molar refractivity (Wildman–Crippen MR) is 155 cm³/mol. The summed E-state index contributed by atoms with van der Waals surface area (Å²) in [4.78, 5) is 11.7. The number of hydrogen-bond acceptors (Lipinski definition) is 7. The highest BCUT2D eigenvalue weighted by molar-refractivity contribution is 7.88. The van der Waals surface area contributed by atoms with E-state index in [1.165, 1.54) is 23.7 Å². The number of hydrogen-bond donors (Lipinski definition) is 0. The van der Waals surface area contributed by atoms with Gasteiger partial charge in [-0.25, -0.2) is 12.8 Å². The fourth-order valence-electron chi connectivity index (χ4n) is 6.33. The summed E-state index contributed by atoms with van der Waals surface area (Å²) in [6.07, 6.45) is 2.15. The molecular weight excluding hydrogens is 561 g/mol. The van der Waals surface area contributed by atoms with Crippen LogP contribution in [0.5, 0.6) is 17.2 Å². The van der Waals surface area contributed by atoms with E-state index in [1.807, 2.05) is 50.2 Å². The van der Waals surface area contributed by atoms with Crippen LogP contribution in [0.1, 0.15) is 52.7 Å². The molecule has 3 aromatic rings. The van der Waals surface area contributed by atoms with Gasteiger partial charge in [0, 0.05) is 23.1 Å². The Morgan fingerprint density at radius 2 is 1.79 bits per heavy atom. The van der Waals surface area contributed by atoms with Gasteiger partial charge in [-0.1, -0.05) is 12.1 Å². The molecule has 0 N–H and O–H groups in total. The van der Waals surface area contributed by atoms with Gasteiger partial charge in [-0.3, -0.25) is 4.79 Å².